The van der Waals surface area contributed by atoms with Crippen molar-refractivity contribution in [2.24, 2.45) is 18.4 Å². The van der Waals surface area contributed by atoms with Crippen LogP contribution in [0.2, 0.25) is 0 Å². The minimum absolute atomic E-state index is 0.412. The second kappa shape index (κ2) is 3.63. The van der Waals surface area contributed by atoms with Gasteiger partial charge in [-0.1, -0.05) is 13.8 Å². The number of hydrogen-bond donors (Lipinski definition) is 1. The molecule has 1 aliphatic rings. The molecule has 0 saturated heterocycles. The quantitative estimate of drug-likeness (QED) is 0.819. The third-order valence-corrected chi connectivity index (χ3v) is 3.61. The number of nitrogens with zero attached hydrogens (tertiary/aromatic N) is 2. The molecule has 0 bridgehead atoms. The zero-order valence-corrected chi connectivity index (χ0v) is 10.1. The van der Waals surface area contributed by atoms with Crippen molar-refractivity contribution in [1.29, 1.82) is 0 Å². The molecule has 1 aromatic heterocycles. The molecule has 3 heteroatoms. The fraction of sp³-hybridized carbons (Fsp3) is 0.750. The van der Waals surface area contributed by atoms with Crippen LogP contribution in [0.5, 0.6) is 0 Å². The second-order valence-corrected chi connectivity index (χ2v) is 5.47. The van der Waals surface area contributed by atoms with Gasteiger partial charge in [-0.15, -0.1) is 0 Å². The Morgan fingerprint density at radius 3 is 2.80 bits per heavy atom. The van der Waals surface area contributed by atoms with Crippen LogP contribution in [0.1, 0.15) is 38.8 Å². The highest BCUT2D eigenvalue weighted by atomic mass is 15.2. The zero-order chi connectivity index (χ0) is 11.1. The third kappa shape index (κ3) is 2.40. The van der Waals surface area contributed by atoms with E-state index in [-0.39, 0.29) is 0 Å². The van der Waals surface area contributed by atoms with Gasteiger partial charge in [-0.2, -0.15) is 5.10 Å². The van der Waals surface area contributed by atoms with Gasteiger partial charge in [-0.25, -0.2) is 0 Å². The summed E-state index contributed by atoms with van der Waals surface area (Å²) in [4.78, 5) is 0. The molecular formula is C12H21N3. The van der Waals surface area contributed by atoms with Gasteiger partial charge >= 0.3 is 0 Å². The molecule has 1 aromatic rings. The van der Waals surface area contributed by atoms with Gasteiger partial charge < -0.3 is 5.32 Å². The Morgan fingerprint density at radius 1 is 1.67 bits per heavy atom. The van der Waals surface area contributed by atoms with Crippen molar-refractivity contribution in [1.82, 2.24) is 15.1 Å². The SMILES string of the molecule is CC(NCC1CC1(C)C)c1cnn(C)c1. The summed E-state index contributed by atoms with van der Waals surface area (Å²) in [6, 6.07) is 0.412. The summed E-state index contributed by atoms with van der Waals surface area (Å²) in [5, 5.41) is 7.76. The van der Waals surface area contributed by atoms with E-state index >= 15 is 0 Å². The predicted molar refractivity (Wildman–Crippen MR) is 61.5 cm³/mol. The van der Waals surface area contributed by atoms with Crippen molar-refractivity contribution in [3.8, 4) is 0 Å². The highest BCUT2D eigenvalue weighted by Gasteiger charge is 2.44. The third-order valence-electron chi connectivity index (χ3n) is 3.61. The number of nitrogens with one attached hydrogen (secondary N) is 1. The second-order valence-electron chi connectivity index (χ2n) is 5.47. The van der Waals surface area contributed by atoms with Gasteiger partial charge in [-0.05, 0) is 31.2 Å². The van der Waals surface area contributed by atoms with E-state index in [1.165, 1.54) is 12.0 Å². The Balaban J connectivity index is 1.81. The molecule has 0 aromatic carbocycles. The summed E-state index contributed by atoms with van der Waals surface area (Å²) in [5.74, 6) is 0.858. The minimum atomic E-state index is 0.412. The largest absolute Gasteiger partial charge is 0.310 e. The van der Waals surface area contributed by atoms with Gasteiger partial charge in [0.05, 0.1) is 6.20 Å². The van der Waals surface area contributed by atoms with Crippen molar-refractivity contribution >= 4 is 0 Å². The summed E-state index contributed by atoms with van der Waals surface area (Å²) in [7, 11) is 1.96. The van der Waals surface area contributed by atoms with Crippen molar-refractivity contribution in [2.45, 2.75) is 33.2 Å². The summed E-state index contributed by atoms with van der Waals surface area (Å²) in [6.07, 6.45) is 5.38. The molecule has 1 heterocycles. The molecular weight excluding hydrogens is 186 g/mol. The molecule has 2 unspecified atom stereocenters. The van der Waals surface area contributed by atoms with Crippen molar-refractivity contribution < 1.29 is 0 Å². The summed E-state index contributed by atoms with van der Waals surface area (Å²) in [5.41, 5.74) is 1.85. The van der Waals surface area contributed by atoms with E-state index in [2.05, 4.69) is 37.4 Å². The maximum absolute atomic E-state index is 4.19. The monoisotopic (exact) mass is 207 g/mol. The van der Waals surface area contributed by atoms with Gasteiger partial charge in [0.2, 0.25) is 0 Å². The Labute approximate surface area is 91.9 Å². The van der Waals surface area contributed by atoms with E-state index in [0.29, 0.717) is 11.5 Å². The van der Waals surface area contributed by atoms with Crippen LogP contribution < -0.4 is 5.32 Å². The smallest absolute Gasteiger partial charge is 0.0537 e. The van der Waals surface area contributed by atoms with Crippen molar-refractivity contribution in [2.75, 3.05) is 6.54 Å². The van der Waals surface area contributed by atoms with Crippen LogP contribution in [-0.2, 0) is 7.05 Å². The first kappa shape index (κ1) is 10.7. The fourth-order valence-corrected chi connectivity index (χ4v) is 2.03. The Hall–Kier alpha value is -0.830. The number of aryl methyl sites for hydroxylation is 1. The van der Waals surface area contributed by atoms with E-state index in [1.807, 2.05) is 17.9 Å². The molecule has 0 amide bonds. The summed E-state index contributed by atoms with van der Waals surface area (Å²) >= 11 is 0. The van der Waals surface area contributed by atoms with Crippen LogP contribution in [0.3, 0.4) is 0 Å². The maximum atomic E-state index is 4.19. The van der Waals surface area contributed by atoms with Crippen LogP contribution in [-0.4, -0.2) is 16.3 Å². The van der Waals surface area contributed by atoms with Gasteiger partial charge in [0.15, 0.2) is 0 Å². The lowest BCUT2D eigenvalue weighted by Crippen LogP contribution is -2.22. The van der Waals surface area contributed by atoms with Gasteiger partial charge in [-0.3, -0.25) is 4.68 Å². The first-order valence-corrected chi connectivity index (χ1v) is 5.71. The molecule has 1 saturated carbocycles. The Kier molecular flexibility index (Phi) is 2.59. The molecule has 3 nitrogen and oxygen atoms in total. The van der Waals surface area contributed by atoms with Crippen LogP contribution in [0.4, 0.5) is 0 Å². The van der Waals surface area contributed by atoms with Crippen molar-refractivity contribution in [3.05, 3.63) is 18.0 Å². The van der Waals surface area contributed by atoms with E-state index in [9.17, 15) is 0 Å². The lowest BCUT2D eigenvalue weighted by atomic mass is 10.1. The van der Waals surface area contributed by atoms with Gasteiger partial charge in [0.1, 0.15) is 0 Å². The summed E-state index contributed by atoms with van der Waals surface area (Å²) in [6.45, 7) is 8.01. The number of hydrogen-bond acceptors (Lipinski definition) is 2. The van der Waals surface area contributed by atoms with Crippen LogP contribution >= 0.6 is 0 Å². The number of aromatic nitrogens is 2. The van der Waals surface area contributed by atoms with Crippen LogP contribution in [0.25, 0.3) is 0 Å². The highest BCUT2D eigenvalue weighted by Crippen LogP contribution is 2.51. The average molecular weight is 207 g/mol. The maximum Gasteiger partial charge on any atom is 0.0537 e. The van der Waals surface area contributed by atoms with Crippen LogP contribution in [0.15, 0.2) is 12.4 Å². The minimum Gasteiger partial charge on any atom is -0.310 e. The molecule has 15 heavy (non-hydrogen) atoms. The molecule has 1 fully saturated rings. The van der Waals surface area contributed by atoms with Gasteiger partial charge in [0, 0.05) is 24.8 Å². The molecule has 1 aliphatic carbocycles. The fourth-order valence-electron chi connectivity index (χ4n) is 2.03. The zero-order valence-electron chi connectivity index (χ0n) is 10.1. The van der Waals surface area contributed by atoms with E-state index in [4.69, 9.17) is 0 Å². The topological polar surface area (TPSA) is 29.9 Å². The highest BCUT2D eigenvalue weighted by molar-refractivity contribution is 5.09. The van der Waals surface area contributed by atoms with E-state index in [0.717, 1.165) is 12.5 Å². The lowest BCUT2D eigenvalue weighted by molar-refractivity contribution is 0.485. The predicted octanol–water partition coefficient (Wildman–Crippen LogP) is 2.12. The Morgan fingerprint density at radius 2 is 2.33 bits per heavy atom. The Bertz CT molecular complexity index is 340. The molecule has 2 rings (SSSR count). The molecule has 1 N–H and O–H groups in total. The van der Waals surface area contributed by atoms with Crippen LogP contribution in [0, 0.1) is 11.3 Å². The molecule has 0 radical (unpaired) electrons. The molecule has 84 valence electrons. The molecule has 0 aliphatic heterocycles. The standard InChI is InChI=1S/C12H21N3/c1-9(10-6-14-15(4)8-10)13-7-11-5-12(11,2)3/h6,8-9,11,13H,5,7H2,1-4H3. The molecule has 0 spiro atoms. The average Bonchev–Trinajstić information content (AvgIpc) is 2.59. The first-order valence-electron chi connectivity index (χ1n) is 5.71. The lowest BCUT2D eigenvalue weighted by Gasteiger charge is -2.12. The molecule has 2 atom stereocenters. The van der Waals surface area contributed by atoms with Gasteiger partial charge in [0.25, 0.3) is 0 Å². The first-order chi connectivity index (χ1) is 6.99. The normalized spacial score (nSPS) is 25.2. The van der Waals surface area contributed by atoms with Crippen molar-refractivity contribution in [3.63, 3.8) is 0 Å². The van der Waals surface area contributed by atoms with E-state index < -0.39 is 0 Å². The number of rotatable bonds is 4. The van der Waals surface area contributed by atoms with E-state index in [1.54, 1.807) is 0 Å². The summed E-state index contributed by atoms with van der Waals surface area (Å²) < 4.78 is 1.86.